The van der Waals surface area contributed by atoms with Crippen LogP contribution in [0.25, 0.3) is 0 Å². The van der Waals surface area contributed by atoms with Gasteiger partial charge in [-0.1, -0.05) is 23.7 Å². The van der Waals surface area contributed by atoms with Gasteiger partial charge in [-0.15, -0.1) is 11.8 Å². The van der Waals surface area contributed by atoms with E-state index in [-0.39, 0.29) is 5.82 Å². The smallest absolute Gasteiger partial charge is 0.132 e. The predicted octanol–water partition coefficient (Wildman–Crippen LogP) is 5.32. The summed E-state index contributed by atoms with van der Waals surface area (Å²) in [6, 6.07) is 12.3. The fourth-order valence-corrected chi connectivity index (χ4v) is 3.65. The van der Waals surface area contributed by atoms with Gasteiger partial charge in [-0.05, 0) is 43.5 Å². The number of nitrogens with zero attached hydrogens (tertiary/aromatic N) is 2. The molecule has 0 spiro atoms. The summed E-state index contributed by atoms with van der Waals surface area (Å²) in [7, 11) is 1.99. The van der Waals surface area contributed by atoms with Gasteiger partial charge < -0.3 is 4.90 Å². The Labute approximate surface area is 144 Å². The van der Waals surface area contributed by atoms with Crippen molar-refractivity contribution in [3.63, 3.8) is 0 Å². The molecule has 1 aliphatic rings. The molecule has 0 aliphatic carbocycles. The highest BCUT2D eigenvalue weighted by molar-refractivity contribution is 8.02. The van der Waals surface area contributed by atoms with Gasteiger partial charge in [-0.2, -0.15) is 0 Å². The Hall–Kier alpha value is -1.78. The van der Waals surface area contributed by atoms with Crippen LogP contribution in [0.4, 0.5) is 10.1 Å². The lowest BCUT2D eigenvalue weighted by atomic mass is 10.00. The number of anilines is 1. The summed E-state index contributed by atoms with van der Waals surface area (Å²) >= 11 is 7.81. The average molecular weight is 347 g/mol. The largest absolute Gasteiger partial charge is 0.337 e. The quantitative estimate of drug-likeness (QED) is 0.731. The number of thioether (sulfide) groups is 1. The Morgan fingerprint density at radius 2 is 1.87 bits per heavy atom. The zero-order valence-electron chi connectivity index (χ0n) is 13.1. The molecule has 0 amide bonds. The molecule has 0 fully saturated rings. The van der Waals surface area contributed by atoms with Crippen LogP contribution in [0.5, 0.6) is 0 Å². The molecule has 2 aromatic rings. The summed E-state index contributed by atoms with van der Waals surface area (Å²) in [5.74, 6) is -0.291. The first-order valence-electron chi connectivity index (χ1n) is 7.15. The van der Waals surface area contributed by atoms with Crippen molar-refractivity contribution in [3.05, 3.63) is 75.2 Å². The number of aliphatic imine (C=N–C) groups is 1. The topological polar surface area (TPSA) is 15.6 Å². The number of benzene rings is 2. The van der Waals surface area contributed by atoms with Gasteiger partial charge in [0, 0.05) is 23.2 Å². The van der Waals surface area contributed by atoms with E-state index in [9.17, 15) is 4.39 Å². The molecule has 2 aromatic carbocycles. The number of fused-ring (bicyclic) bond motifs is 1. The molecular formula is C18H16ClFN2S. The van der Waals surface area contributed by atoms with Gasteiger partial charge in [0.05, 0.1) is 22.1 Å². The maximum Gasteiger partial charge on any atom is 0.132 e. The molecule has 1 aliphatic heterocycles. The van der Waals surface area contributed by atoms with Crippen LogP contribution < -0.4 is 4.90 Å². The summed E-state index contributed by atoms with van der Waals surface area (Å²) < 4.78 is 14.4. The van der Waals surface area contributed by atoms with Crippen LogP contribution in [0.1, 0.15) is 18.1 Å². The molecule has 0 N–H and O–H groups in total. The summed E-state index contributed by atoms with van der Waals surface area (Å²) in [6.07, 6.45) is 2.01. The van der Waals surface area contributed by atoms with Gasteiger partial charge in [0.2, 0.25) is 0 Å². The molecule has 0 saturated heterocycles. The standard InChI is InChI=1S/C18H16ClFN2S/c1-11-18(23-3)22(2)16-9-8-12(19)10-14(16)17(21-11)13-6-4-5-7-15(13)20/h4-10H,1-3H3. The molecule has 0 unspecified atom stereocenters. The summed E-state index contributed by atoms with van der Waals surface area (Å²) in [4.78, 5) is 6.80. The van der Waals surface area contributed by atoms with E-state index < -0.39 is 0 Å². The van der Waals surface area contributed by atoms with Gasteiger partial charge in [0.15, 0.2) is 0 Å². The Bertz CT molecular complexity index is 830. The van der Waals surface area contributed by atoms with Crippen LogP contribution in [0.3, 0.4) is 0 Å². The van der Waals surface area contributed by atoms with E-state index in [1.807, 2.05) is 44.5 Å². The van der Waals surface area contributed by atoms with Crippen LogP contribution in [0.15, 0.2) is 58.2 Å². The highest BCUT2D eigenvalue weighted by atomic mass is 35.5. The van der Waals surface area contributed by atoms with Crippen molar-refractivity contribution in [1.82, 2.24) is 0 Å². The van der Waals surface area contributed by atoms with E-state index in [4.69, 9.17) is 16.6 Å². The summed E-state index contributed by atoms with van der Waals surface area (Å²) in [5, 5.41) is 1.63. The lowest BCUT2D eigenvalue weighted by molar-refractivity contribution is 0.625. The fraction of sp³-hybridized carbons (Fsp3) is 0.167. The van der Waals surface area contributed by atoms with Crippen LogP contribution in [-0.2, 0) is 0 Å². The van der Waals surface area contributed by atoms with Crippen molar-refractivity contribution >= 4 is 34.8 Å². The van der Waals surface area contributed by atoms with E-state index in [1.165, 1.54) is 6.07 Å². The molecule has 1 heterocycles. The molecule has 0 radical (unpaired) electrons. The molecule has 5 heteroatoms. The normalized spacial score (nSPS) is 14.5. The third kappa shape index (κ3) is 2.89. The molecule has 0 bridgehead atoms. The first kappa shape index (κ1) is 16.1. The molecule has 0 atom stereocenters. The molecule has 0 aromatic heterocycles. The van der Waals surface area contributed by atoms with Gasteiger partial charge in [-0.25, -0.2) is 9.38 Å². The van der Waals surface area contributed by atoms with Gasteiger partial charge in [0.25, 0.3) is 0 Å². The van der Waals surface area contributed by atoms with Crippen LogP contribution >= 0.6 is 23.4 Å². The maximum atomic E-state index is 14.4. The van der Waals surface area contributed by atoms with Crippen molar-refractivity contribution in [2.45, 2.75) is 6.92 Å². The first-order valence-corrected chi connectivity index (χ1v) is 8.75. The van der Waals surface area contributed by atoms with Crippen molar-refractivity contribution in [3.8, 4) is 0 Å². The van der Waals surface area contributed by atoms with E-state index in [1.54, 1.807) is 23.9 Å². The van der Waals surface area contributed by atoms with E-state index in [2.05, 4.69) is 4.90 Å². The Balaban J connectivity index is 2.33. The third-order valence-corrected chi connectivity index (χ3v) is 4.98. The maximum absolute atomic E-state index is 14.4. The lowest BCUT2D eigenvalue weighted by Gasteiger charge is -2.23. The van der Waals surface area contributed by atoms with E-state index in [0.29, 0.717) is 16.3 Å². The average Bonchev–Trinajstić information content (AvgIpc) is 2.63. The first-order chi connectivity index (χ1) is 11.0. The van der Waals surface area contributed by atoms with Gasteiger partial charge >= 0.3 is 0 Å². The monoisotopic (exact) mass is 346 g/mol. The van der Waals surface area contributed by atoms with Crippen molar-refractivity contribution in [1.29, 1.82) is 0 Å². The minimum Gasteiger partial charge on any atom is -0.337 e. The highest BCUT2D eigenvalue weighted by Crippen LogP contribution is 2.36. The van der Waals surface area contributed by atoms with Crippen LogP contribution in [0, 0.1) is 5.82 Å². The van der Waals surface area contributed by atoms with E-state index >= 15 is 0 Å². The zero-order chi connectivity index (χ0) is 16.6. The second-order valence-corrected chi connectivity index (χ2v) is 6.49. The third-order valence-electron chi connectivity index (χ3n) is 3.79. The molecule has 3 rings (SSSR count). The SMILES string of the molecule is CSC1=C(C)N=C(c2ccccc2F)c2cc(Cl)ccc2N1C. The van der Waals surface area contributed by atoms with Gasteiger partial charge in [0.1, 0.15) is 5.82 Å². The predicted molar refractivity (Wildman–Crippen MR) is 98.1 cm³/mol. The zero-order valence-corrected chi connectivity index (χ0v) is 14.7. The minimum absolute atomic E-state index is 0.291. The Morgan fingerprint density at radius 3 is 2.57 bits per heavy atom. The van der Waals surface area contributed by atoms with Gasteiger partial charge in [-0.3, -0.25) is 0 Å². The van der Waals surface area contributed by atoms with Crippen molar-refractivity contribution in [2.75, 3.05) is 18.2 Å². The van der Waals surface area contributed by atoms with Crippen molar-refractivity contribution < 1.29 is 4.39 Å². The summed E-state index contributed by atoms with van der Waals surface area (Å²) in [6.45, 7) is 1.94. The number of hydrogen-bond acceptors (Lipinski definition) is 3. The molecule has 118 valence electrons. The highest BCUT2D eigenvalue weighted by Gasteiger charge is 2.23. The number of rotatable bonds is 2. The fourth-order valence-electron chi connectivity index (χ4n) is 2.76. The van der Waals surface area contributed by atoms with Crippen molar-refractivity contribution in [2.24, 2.45) is 4.99 Å². The molecule has 0 saturated carbocycles. The second-order valence-electron chi connectivity index (χ2n) is 5.26. The lowest BCUT2D eigenvalue weighted by Crippen LogP contribution is -2.17. The van der Waals surface area contributed by atoms with Crippen LogP contribution in [-0.4, -0.2) is 19.0 Å². The Morgan fingerprint density at radius 1 is 1.13 bits per heavy atom. The molecule has 2 nitrogen and oxygen atoms in total. The second kappa shape index (κ2) is 6.38. The number of halogens is 2. The summed E-state index contributed by atoms with van der Waals surface area (Å²) in [5.41, 5.74) is 3.72. The minimum atomic E-state index is -0.291. The molecular weight excluding hydrogens is 331 g/mol. The van der Waals surface area contributed by atoms with E-state index in [0.717, 1.165) is 22.0 Å². The Kier molecular flexibility index (Phi) is 4.46. The van der Waals surface area contributed by atoms with Crippen LogP contribution in [0.2, 0.25) is 5.02 Å². The number of allylic oxidation sites excluding steroid dienone is 1. The molecule has 23 heavy (non-hydrogen) atoms. The number of hydrogen-bond donors (Lipinski definition) is 0.